The highest BCUT2D eigenvalue weighted by atomic mass is 32.1. The highest BCUT2D eigenvalue weighted by molar-refractivity contribution is 7.09. The molecule has 0 aliphatic carbocycles. The van der Waals surface area contributed by atoms with Gasteiger partial charge in [0, 0.05) is 16.5 Å². The number of aromatic carboxylic acids is 1. The van der Waals surface area contributed by atoms with Gasteiger partial charge in [0.25, 0.3) is 5.91 Å². The summed E-state index contributed by atoms with van der Waals surface area (Å²) >= 11 is 1.17. The van der Waals surface area contributed by atoms with Crippen LogP contribution >= 0.6 is 11.3 Å². The Kier molecular flexibility index (Phi) is 3.99. The first-order chi connectivity index (χ1) is 9.49. The van der Waals surface area contributed by atoms with Gasteiger partial charge in [0.2, 0.25) is 0 Å². The van der Waals surface area contributed by atoms with Crippen LogP contribution in [0.15, 0.2) is 23.6 Å². The highest BCUT2D eigenvalue weighted by Gasteiger charge is 2.13. The molecule has 0 fully saturated rings. The summed E-state index contributed by atoms with van der Waals surface area (Å²) in [6.45, 7) is 1.79. The van der Waals surface area contributed by atoms with E-state index in [0.717, 1.165) is 0 Å². The SMILES string of the molecule is Cc1c(O)cccc1C(=O)NCc1nc(C(=O)O)cs1. The Morgan fingerprint density at radius 3 is 2.80 bits per heavy atom. The van der Waals surface area contributed by atoms with E-state index in [9.17, 15) is 14.7 Å². The second kappa shape index (κ2) is 5.70. The lowest BCUT2D eigenvalue weighted by Crippen LogP contribution is -2.23. The number of hydrogen-bond donors (Lipinski definition) is 3. The Morgan fingerprint density at radius 2 is 2.15 bits per heavy atom. The van der Waals surface area contributed by atoms with Crippen LogP contribution in [0.25, 0.3) is 0 Å². The molecule has 0 atom stereocenters. The van der Waals surface area contributed by atoms with Crippen LogP contribution in [0.5, 0.6) is 5.75 Å². The Balaban J connectivity index is 2.05. The minimum atomic E-state index is -1.09. The fourth-order valence-electron chi connectivity index (χ4n) is 1.61. The van der Waals surface area contributed by atoms with Crippen molar-refractivity contribution >= 4 is 23.2 Å². The van der Waals surface area contributed by atoms with E-state index < -0.39 is 5.97 Å². The van der Waals surface area contributed by atoms with Gasteiger partial charge >= 0.3 is 5.97 Å². The van der Waals surface area contributed by atoms with E-state index in [1.165, 1.54) is 22.8 Å². The van der Waals surface area contributed by atoms with E-state index in [4.69, 9.17) is 5.11 Å². The van der Waals surface area contributed by atoms with Crippen molar-refractivity contribution in [2.75, 3.05) is 0 Å². The van der Waals surface area contributed by atoms with E-state index in [1.807, 2.05) is 0 Å². The molecule has 20 heavy (non-hydrogen) atoms. The average Bonchev–Trinajstić information content (AvgIpc) is 2.88. The van der Waals surface area contributed by atoms with Crippen molar-refractivity contribution in [1.29, 1.82) is 0 Å². The van der Waals surface area contributed by atoms with Crippen LogP contribution in [-0.4, -0.2) is 27.1 Å². The fraction of sp³-hybridized carbons (Fsp3) is 0.154. The number of phenolic OH excluding ortho intramolecular Hbond substituents is 1. The molecule has 0 aliphatic rings. The number of nitrogens with one attached hydrogen (secondary N) is 1. The molecule has 0 bridgehead atoms. The minimum absolute atomic E-state index is 0.0345. The third kappa shape index (κ3) is 2.94. The standard InChI is InChI=1S/C13H12N2O4S/c1-7-8(3-2-4-10(7)16)12(17)14-5-11-15-9(6-20-11)13(18)19/h2-4,6,16H,5H2,1H3,(H,14,17)(H,18,19). The lowest BCUT2D eigenvalue weighted by atomic mass is 10.1. The summed E-state index contributed by atoms with van der Waals surface area (Å²) in [7, 11) is 0. The summed E-state index contributed by atoms with van der Waals surface area (Å²) in [4.78, 5) is 26.5. The molecule has 2 rings (SSSR count). The normalized spacial score (nSPS) is 10.2. The summed E-state index contributed by atoms with van der Waals surface area (Å²) in [5.74, 6) is -1.38. The van der Waals surface area contributed by atoms with Gasteiger partial charge in [-0.2, -0.15) is 0 Å². The predicted octanol–water partition coefficient (Wildman–Crippen LogP) is 1.79. The molecule has 1 amide bonds. The molecule has 1 heterocycles. The van der Waals surface area contributed by atoms with Crippen molar-refractivity contribution in [2.45, 2.75) is 13.5 Å². The Labute approximate surface area is 118 Å². The number of hydrogen-bond acceptors (Lipinski definition) is 5. The van der Waals surface area contributed by atoms with Crippen LogP contribution in [-0.2, 0) is 6.54 Å². The molecule has 2 aromatic rings. The van der Waals surface area contributed by atoms with Gasteiger partial charge in [-0.25, -0.2) is 9.78 Å². The largest absolute Gasteiger partial charge is 0.508 e. The molecule has 7 heteroatoms. The average molecular weight is 292 g/mol. The van der Waals surface area contributed by atoms with Crippen molar-refractivity contribution in [2.24, 2.45) is 0 Å². The van der Waals surface area contributed by atoms with E-state index in [1.54, 1.807) is 19.1 Å². The van der Waals surface area contributed by atoms with Crippen LogP contribution in [0.1, 0.15) is 31.4 Å². The maximum atomic E-state index is 12.0. The first-order valence-electron chi connectivity index (χ1n) is 5.73. The third-order valence-corrected chi connectivity index (χ3v) is 3.57. The zero-order valence-electron chi connectivity index (χ0n) is 10.6. The number of benzene rings is 1. The highest BCUT2D eigenvalue weighted by Crippen LogP contribution is 2.19. The number of phenols is 1. The summed E-state index contributed by atoms with van der Waals surface area (Å²) in [5, 5.41) is 22.9. The molecule has 6 nitrogen and oxygen atoms in total. The maximum absolute atomic E-state index is 12.0. The molecule has 1 aromatic heterocycles. The summed E-state index contributed by atoms with van der Waals surface area (Å²) < 4.78 is 0. The summed E-state index contributed by atoms with van der Waals surface area (Å²) in [6.07, 6.45) is 0. The number of carbonyl (C=O) groups excluding carboxylic acids is 1. The molecule has 0 unspecified atom stereocenters. The van der Waals surface area contributed by atoms with Gasteiger partial charge in [0.15, 0.2) is 5.69 Å². The summed E-state index contributed by atoms with van der Waals surface area (Å²) in [6, 6.07) is 4.70. The number of nitrogens with zero attached hydrogens (tertiary/aromatic N) is 1. The molecule has 104 valence electrons. The van der Waals surface area contributed by atoms with Crippen molar-refractivity contribution in [3.05, 3.63) is 45.4 Å². The molecule has 0 saturated heterocycles. The molecule has 0 radical (unpaired) electrons. The maximum Gasteiger partial charge on any atom is 0.355 e. The van der Waals surface area contributed by atoms with Gasteiger partial charge in [-0.05, 0) is 19.1 Å². The van der Waals surface area contributed by atoms with Crippen molar-refractivity contribution in [3.63, 3.8) is 0 Å². The van der Waals surface area contributed by atoms with Gasteiger partial charge in [-0.3, -0.25) is 4.79 Å². The predicted molar refractivity (Wildman–Crippen MR) is 73.1 cm³/mol. The first-order valence-corrected chi connectivity index (χ1v) is 6.61. The number of rotatable bonds is 4. The molecular weight excluding hydrogens is 280 g/mol. The van der Waals surface area contributed by atoms with E-state index >= 15 is 0 Å². The second-order valence-electron chi connectivity index (χ2n) is 4.06. The van der Waals surface area contributed by atoms with E-state index in [0.29, 0.717) is 16.1 Å². The minimum Gasteiger partial charge on any atom is -0.508 e. The molecule has 3 N–H and O–H groups in total. The number of aromatic hydroxyl groups is 1. The number of amides is 1. The second-order valence-corrected chi connectivity index (χ2v) is 5.01. The van der Waals surface area contributed by atoms with Gasteiger partial charge in [0.05, 0.1) is 6.54 Å². The van der Waals surface area contributed by atoms with Crippen LogP contribution in [0.2, 0.25) is 0 Å². The zero-order valence-corrected chi connectivity index (χ0v) is 11.4. The fourth-order valence-corrected chi connectivity index (χ4v) is 2.32. The lowest BCUT2D eigenvalue weighted by Gasteiger charge is -2.07. The van der Waals surface area contributed by atoms with Crippen LogP contribution in [0, 0.1) is 6.92 Å². The van der Waals surface area contributed by atoms with Crippen molar-refractivity contribution < 1.29 is 19.8 Å². The van der Waals surface area contributed by atoms with Gasteiger partial charge in [0.1, 0.15) is 10.8 Å². The summed E-state index contributed by atoms with van der Waals surface area (Å²) in [5.41, 5.74) is 0.836. The number of carbonyl (C=O) groups is 2. The molecule has 0 spiro atoms. The van der Waals surface area contributed by atoms with Gasteiger partial charge < -0.3 is 15.5 Å². The zero-order chi connectivity index (χ0) is 14.7. The van der Waals surface area contributed by atoms with Crippen molar-refractivity contribution in [3.8, 4) is 5.75 Å². The van der Waals surface area contributed by atoms with Crippen LogP contribution < -0.4 is 5.32 Å². The van der Waals surface area contributed by atoms with Crippen LogP contribution in [0.4, 0.5) is 0 Å². The topological polar surface area (TPSA) is 99.5 Å². The van der Waals surface area contributed by atoms with Crippen molar-refractivity contribution in [1.82, 2.24) is 10.3 Å². The van der Waals surface area contributed by atoms with E-state index in [-0.39, 0.29) is 23.9 Å². The Bertz CT molecular complexity index is 666. The molecular formula is C13H12N2O4S. The smallest absolute Gasteiger partial charge is 0.355 e. The molecule has 0 aliphatic heterocycles. The third-order valence-electron chi connectivity index (χ3n) is 2.72. The number of carboxylic acid groups (broad SMARTS) is 1. The quantitative estimate of drug-likeness (QED) is 0.797. The number of carboxylic acids is 1. The van der Waals surface area contributed by atoms with Gasteiger partial charge in [-0.15, -0.1) is 11.3 Å². The lowest BCUT2D eigenvalue weighted by molar-refractivity contribution is 0.0691. The Hall–Kier alpha value is -2.41. The monoisotopic (exact) mass is 292 g/mol. The van der Waals surface area contributed by atoms with Gasteiger partial charge in [-0.1, -0.05) is 6.07 Å². The number of thiazole rings is 1. The Morgan fingerprint density at radius 1 is 1.40 bits per heavy atom. The first kappa shape index (κ1) is 14.0. The number of aromatic nitrogens is 1. The van der Waals surface area contributed by atoms with Crippen LogP contribution in [0.3, 0.4) is 0 Å². The molecule has 0 saturated carbocycles. The van der Waals surface area contributed by atoms with E-state index in [2.05, 4.69) is 10.3 Å². The molecule has 1 aromatic carbocycles.